The monoisotopic (exact) mass is 159 g/mol. The highest BCUT2D eigenvalue weighted by atomic mass is 35.5. The minimum absolute atomic E-state index is 0.250. The molecule has 1 fully saturated rings. The van der Waals surface area contributed by atoms with E-state index >= 15 is 0 Å². The summed E-state index contributed by atoms with van der Waals surface area (Å²) in [7, 11) is 0. The molecule has 1 heterocycles. The van der Waals surface area contributed by atoms with Crippen LogP contribution in [0, 0.1) is 0 Å². The van der Waals surface area contributed by atoms with Gasteiger partial charge in [-0.05, 0) is 25.8 Å². The van der Waals surface area contributed by atoms with Gasteiger partial charge in [-0.1, -0.05) is 6.08 Å². The standard InChI is InChI=1S/C8H14ClN/c1-2-4-7(9)8-5-3-6-10-8/h2,7-8,10H,1,3-6H2. The fourth-order valence-corrected chi connectivity index (χ4v) is 1.68. The second-order valence-corrected chi connectivity index (χ2v) is 3.30. The van der Waals surface area contributed by atoms with Gasteiger partial charge in [0.1, 0.15) is 0 Å². The van der Waals surface area contributed by atoms with Crippen LogP contribution in [0.5, 0.6) is 0 Å². The van der Waals surface area contributed by atoms with E-state index in [0.29, 0.717) is 6.04 Å². The minimum atomic E-state index is 0.250. The molecule has 1 aliphatic heterocycles. The zero-order chi connectivity index (χ0) is 7.40. The largest absolute Gasteiger partial charge is 0.312 e. The molecule has 1 aliphatic rings. The Morgan fingerprint density at radius 3 is 3.10 bits per heavy atom. The molecular weight excluding hydrogens is 146 g/mol. The Morgan fingerprint density at radius 2 is 2.60 bits per heavy atom. The highest BCUT2D eigenvalue weighted by Crippen LogP contribution is 2.16. The van der Waals surface area contributed by atoms with E-state index in [1.165, 1.54) is 12.8 Å². The molecule has 1 rings (SSSR count). The van der Waals surface area contributed by atoms with E-state index in [9.17, 15) is 0 Å². The molecule has 0 amide bonds. The SMILES string of the molecule is C=CCC(Cl)C1CCCN1. The number of alkyl halides is 1. The maximum Gasteiger partial charge on any atom is 0.0523 e. The molecule has 0 radical (unpaired) electrons. The second kappa shape index (κ2) is 3.99. The fourth-order valence-electron chi connectivity index (χ4n) is 1.34. The minimum Gasteiger partial charge on any atom is -0.312 e. The molecule has 0 aromatic rings. The molecule has 2 heteroatoms. The predicted octanol–water partition coefficient (Wildman–Crippen LogP) is 1.92. The summed E-state index contributed by atoms with van der Waals surface area (Å²) in [5, 5.41) is 3.61. The third-order valence-electron chi connectivity index (χ3n) is 1.93. The zero-order valence-electron chi connectivity index (χ0n) is 6.15. The van der Waals surface area contributed by atoms with Crippen molar-refractivity contribution in [3.8, 4) is 0 Å². The summed E-state index contributed by atoms with van der Waals surface area (Å²) < 4.78 is 0. The van der Waals surface area contributed by atoms with Crippen molar-refractivity contribution in [2.45, 2.75) is 30.7 Å². The van der Waals surface area contributed by atoms with Gasteiger partial charge in [0.25, 0.3) is 0 Å². The van der Waals surface area contributed by atoms with Gasteiger partial charge in [0.2, 0.25) is 0 Å². The number of hydrogen-bond donors (Lipinski definition) is 1. The Hall–Kier alpha value is -0.0100. The van der Waals surface area contributed by atoms with Crippen molar-refractivity contribution < 1.29 is 0 Å². The number of halogens is 1. The molecule has 1 nitrogen and oxygen atoms in total. The van der Waals surface area contributed by atoms with Crippen LogP contribution in [0.25, 0.3) is 0 Å². The van der Waals surface area contributed by atoms with Crippen LogP contribution >= 0.6 is 11.6 Å². The van der Waals surface area contributed by atoms with Crippen LogP contribution in [0.3, 0.4) is 0 Å². The summed E-state index contributed by atoms with van der Waals surface area (Å²) in [6, 6.07) is 0.527. The Balaban J connectivity index is 2.24. The first-order chi connectivity index (χ1) is 4.84. The Morgan fingerprint density at radius 1 is 1.80 bits per heavy atom. The Bertz CT molecular complexity index is 108. The summed E-state index contributed by atoms with van der Waals surface area (Å²) in [6.45, 7) is 4.79. The summed E-state index contributed by atoms with van der Waals surface area (Å²) in [6.07, 6.45) is 5.30. The zero-order valence-corrected chi connectivity index (χ0v) is 6.90. The lowest BCUT2D eigenvalue weighted by molar-refractivity contribution is 0.572. The van der Waals surface area contributed by atoms with Gasteiger partial charge < -0.3 is 5.32 Å². The highest BCUT2D eigenvalue weighted by molar-refractivity contribution is 6.21. The molecule has 58 valence electrons. The lowest BCUT2D eigenvalue weighted by Crippen LogP contribution is -2.30. The van der Waals surface area contributed by atoms with E-state index in [4.69, 9.17) is 11.6 Å². The molecule has 1 N–H and O–H groups in total. The first kappa shape index (κ1) is 8.09. The van der Waals surface area contributed by atoms with Crippen LogP contribution in [0.2, 0.25) is 0 Å². The van der Waals surface area contributed by atoms with Gasteiger partial charge >= 0.3 is 0 Å². The van der Waals surface area contributed by atoms with Crippen LogP contribution < -0.4 is 5.32 Å². The number of hydrogen-bond acceptors (Lipinski definition) is 1. The van der Waals surface area contributed by atoms with Crippen molar-refractivity contribution >= 4 is 11.6 Å². The molecule has 0 aromatic carbocycles. The van der Waals surface area contributed by atoms with E-state index in [1.807, 2.05) is 6.08 Å². The Kier molecular flexibility index (Phi) is 3.23. The predicted molar refractivity (Wildman–Crippen MR) is 45.5 cm³/mol. The van der Waals surface area contributed by atoms with Gasteiger partial charge in [-0.3, -0.25) is 0 Å². The van der Waals surface area contributed by atoms with Crippen LogP contribution in [-0.4, -0.2) is 18.0 Å². The summed E-state index contributed by atoms with van der Waals surface area (Å²) >= 11 is 6.05. The van der Waals surface area contributed by atoms with Gasteiger partial charge in [-0.15, -0.1) is 18.2 Å². The normalized spacial score (nSPS) is 28.3. The van der Waals surface area contributed by atoms with Gasteiger partial charge in [0, 0.05) is 6.04 Å². The van der Waals surface area contributed by atoms with Gasteiger partial charge in [-0.25, -0.2) is 0 Å². The summed E-state index contributed by atoms with van der Waals surface area (Å²) in [5.74, 6) is 0. The molecule has 0 spiro atoms. The first-order valence-electron chi connectivity index (χ1n) is 3.83. The Labute approximate surface area is 67.5 Å². The molecule has 2 atom stereocenters. The van der Waals surface area contributed by atoms with Crippen molar-refractivity contribution in [3.05, 3.63) is 12.7 Å². The van der Waals surface area contributed by atoms with Gasteiger partial charge in [0.15, 0.2) is 0 Å². The van der Waals surface area contributed by atoms with E-state index in [1.54, 1.807) is 0 Å². The maximum atomic E-state index is 6.05. The topological polar surface area (TPSA) is 12.0 Å². The average molecular weight is 160 g/mol. The van der Waals surface area contributed by atoms with E-state index < -0.39 is 0 Å². The number of allylic oxidation sites excluding steroid dienone is 1. The average Bonchev–Trinajstić information content (AvgIpc) is 2.38. The third kappa shape index (κ3) is 1.99. The van der Waals surface area contributed by atoms with Gasteiger partial charge in [-0.2, -0.15) is 0 Å². The van der Waals surface area contributed by atoms with Crippen LogP contribution in [0.4, 0.5) is 0 Å². The lowest BCUT2D eigenvalue weighted by atomic mass is 10.1. The smallest absolute Gasteiger partial charge is 0.0523 e. The van der Waals surface area contributed by atoms with Crippen LogP contribution in [0.1, 0.15) is 19.3 Å². The quantitative estimate of drug-likeness (QED) is 0.490. The van der Waals surface area contributed by atoms with Crippen molar-refractivity contribution in [2.75, 3.05) is 6.54 Å². The van der Waals surface area contributed by atoms with E-state index in [2.05, 4.69) is 11.9 Å². The van der Waals surface area contributed by atoms with Crippen molar-refractivity contribution in [1.82, 2.24) is 5.32 Å². The maximum absolute atomic E-state index is 6.05. The first-order valence-corrected chi connectivity index (χ1v) is 4.26. The molecule has 1 saturated heterocycles. The molecule has 0 bridgehead atoms. The molecular formula is C8H14ClN. The van der Waals surface area contributed by atoms with Crippen LogP contribution in [-0.2, 0) is 0 Å². The van der Waals surface area contributed by atoms with E-state index in [0.717, 1.165) is 13.0 Å². The highest BCUT2D eigenvalue weighted by Gasteiger charge is 2.20. The summed E-state index contributed by atoms with van der Waals surface area (Å²) in [5.41, 5.74) is 0. The van der Waals surface area contributed by atoms with Crippen molar-refractivity contribution in [3.63, 3.8) is 0 Å². The van der Waals surface area contributed by atoms with Gasteiger partial charge in [0.05, 0.1) is 5.38 Å². The van der Waals surface area contributed by atoms with Crippen molar-refractivity contribution in [1.29, 1.82) is 0 Å². The molecule has 10 heavy (non-hydrogen) atoms. The number of nitrogens with one attached hydrogen (secondary N) is 1. The molecule has 0 aliphatic carbocycles. The van der Waals surface area contributed by atoms with E-state index in [-0.39, 0.29) is 5.38 Å². The van der Waals surface area contributed by atoms with Crippen LogP contribution in [0.15, 0.2) is 12.7 Å². The third-order valence-corrected chi connectivity index (χ3v) is 2.41. The summed E-state index contributed by atoms with van der Waals surface area (Å²) in [4.78, 5) is 0. The fraction of sp³-hybridized carbons (Fsp3) is 0.750. The molecule has 0 aromatic heterocycles. The number of rotatable bonds is 3. The molecule has 2 unspecified atom stereocenters. The van der Waals surface area contributed by atoms with Crippen molar-refractivity contribution in [2.24, 2.45) is 0 Å². The lowest BCUT2D eigenvalue weighted by Gasteiger charge is -2.14. The molecule has 0 saturated carbocycles. The second-order valence-electron chi connectivity index (χ2n) is 2.74.